The summed E-state index contributed by atoms with van der Waals surface area (Å²) in [6, 6.07) is 4.27. The number of ether oxygens (including phenoxy) is 1. The number of carbonyl (C=O) groups is 1. The molecule has 0 aromatic heterocycles. The molecule has 0 aliphatic carbocycles. The summed E-state index contributed by atoms with van der Waals surface area (Å²) in [6.07, 6.45) is -2.31. The van der Waals surface area contributed by atoms with E-state index in [1.54, 1.807) is 4.90 Å². The minimum absolute atomic E-state index is 0.240. The van der Waals surface area contributed by atoms with Crippen molar-refractivity contribution in [1.82, 2.24) is 4.90 Å². The SMILES string of the molecule is O=C(c1ccc(C(F)(F)F)cc1)N1CCC2(CC1)OCCC[C@H]2O. The normalized spacial score (nSPS) is 24.2. The third kappa shape index (κ3) is 3.28. The molecule has 1 atom stereocenters. The zero-order valence-electron chi connectivity index (χ0n) is 13.2. The second-order valence-corrected chi connectivity index (χ2v) is 6.44. The molecule has 2 saturated heterocycles. The predicted molar refractivity (Wildman–Crippen MR) is 80.5 cm³/mol. The summed E-state index contributed by atoms with van der Waals surface area (Å²) in [4.78, 5) is 14.1. The van der Waals surface area contributed by atoms with Gasteiger partial charge in [-0.25, -0.2) is 0 Å². The summed E-state index contributed by atoms with van der Waals surface area (Å²) in [5, 5.41) is 10.2. The highest BCUT2D eigenvalue weighted by atomic mass is 19.4. The third-order valence-electron chi connectivity index (χ3n) is 4.97. The molecule has 2 fully saturated rings. The van der Waals surface area contributed by atoms with Crippen molar-refractivity contribution in [3.8, 4) is 0 Å². The number of hydrogen-bond donors (Lipinski definition) is 1. The van der Waals surface area contributed by atoms with E-state index in [-0.39, 0.29) is 11.5 Å². The molecule has 0 saturated carbocycles. The van der Waals surface area contributed by atoms with Crippen LogP contribution in [0, 0.1) is 0 Å². The van der Waals surface area contributed by atoms with Gasteiger partial charge in [-0.2, -0.15) is 13.2 Å². The van der Waals surface area contributed by atoms with Gasteiger partial charge in [-0.3, -0.25) is 4.79 Å². The lowest BCUT2D eigenvalue weighted by molar-refractivity contribution is -0.174. The van der Waals surface area contributed by atoms with E-state index >= 15 is 0 Å². The van der Waals surface area contributed by atoms with Crippen LogP contribution in [0.3, 0.4) is 0 Å². The first-order valence-corrected chi connectivity index (χ1v) is 8.10. The van der Waals surface area contributed by atoms with Gasteiger partial charge in [0, 0.05) is 25.3 Å². The molecule has 2 heterocycles. The molecule has 24 heavy (non-hydrogen) atoms. The second kappa shape index (κ2) is 6.37. The zero-order valence-corrected chi connectivity index (χ0v) is 13.2. The fourth-order valence-electron chi connectivity index (χ4n) is 3.46. The van der Waals surface area contributed by atoms with Gasteiger partial charge in [0.25, 0.3) is 5.91 Å². The molecule has 0 bridgehead atoms. The summed E-state index contributed by atoms with van der Waals surface area (Å²) in [6.45, 7) is 1.47. The van der Waals surface area contributed by atoms with E-state index in [9.17, 15) is 23.1 Å². The van der Waals surface area contributed by atoms with E-state index in [2.05, 4.69) is 0 Å². The molecule has 1 spiro atoms. The molecule has 0 unspecified atom stereocenters. The quantitative estimate of drug-likeness (QED) is 0.853. The molecule has 4 nitrogen and oxygen atoms in total. The molecule has 132 valence electrons. The summed E-state index contributed by atoms with van der Waals surface area (Å²) in [7, 11) is 0. The number of likely N-dealkylation sites (tertiary alicyclic amines) is 1. The minimum atomic E-state index is -4.41. The number of nitrogens with zero attached hydrogens (tertiary/aromatic N) is 1. The molecule has 1 aromatic carbocycles. The Labute approximate surface area is 138 Å². The summed E-state index contributed by atoms with van der Waals surface area (Å²) in [5.74, 6) is -0.288. The van der Waals surface area contributed by atoms with Crippen LogP contribution in [-0.4, -0.2) is 47.3 Å². The van der Waals surface area contributed by atoms with Crippen LogP contribution in [0.25, 0.3) is 0 Å². The van der Waals surface area contributed by atoms with Crippen LogP contribution in [0.15, 0.2) is 24.3 Å². The number of halogens is 3. The molecule has 0 radical (unpaired) electrons. The van der Waals surface area contributed by atoms with Crippen molar-refractivity contribution in [3.05, 3.63) is 35.4 Å². The maximum Gasteiger partial charge on any atom is 0.416 e. The lowest BCUT2D eigenvalue weighted by Gasteiger charge is -2.46. The standard InChI is InChI=1S/C17H20F3NO3/c18-17(19,20)13-5-3-12(4-6-13)15(23)21-9-7-16(8-10-21)14(22)2-1-11-24-16/h3-6,14,22H,1-2,7-11H2/t14-/m1/s1. The number of rotatable bonds is 1. The van der Waals surface area contributed by atoms with Gasteiger partial charge in [-0.15, -0.1) is 0 Å². The van der Waals surface area contributed by atoms with E-state index < -0.39 is 23.4 Å². The van der Waals surface area contributed by atoms with E-state index in [0.717, 1.165) is 18.6 Å². The van der Waals surface area contributed by atoms with E-state index in [1.165, 1.54) is 12.1 Å². The maximum absolute atomic E-state index is 12.6. The van der Waals surface area contributed by atoms with Crippen LogP contribution in [0.1, 0.15) is 41.6 Å². The van der Waals surface area contributed by atoms with E-state index in [1.807, 2.05) is 0 Å². The highest BCUT2D eigenvalue weighted by molar-refractivity contribution is 5.94. The zero-order chi connectivity index (χ0) is 17.4. The Hall–Kier alpha value is -1.60. The summed E-state index contributed by atoms with van der Waals surface area (Å²) < 4.78 is 43.5. The number of benzene rings is 1. The monoisotopic (exact) mass is 343 g/mol. The highest BCUT2D eigenvalue weighted by Gasteiger charge is 2.44. The average Bonchev–Trinajstić information content (AvgIpc) is 2.57. The summed E-state index contributed by atoms with van der Waals surface area (Å²) >= 11 is 0. The summed E-state index contributed by atoms with van der Waals surface area (Å²) in [5.41, 5.74) is -1.10. The van der Waals surface area contributed by atoms with Crippen molar-refractivity contribution in [2.75, 3.05) is 19.7 Å². The smallest absolute Gasteiger partial charge is 0.390 e. The van der Waals surface area contributed by atoms with Crippen LogP contribution in [0.4, 0.5) is 13.2 Å². The van der Waals surface area contributed by atoms with Crippen LogP contribution < -0.4 is 0 Å². The van der Waals surface area contributed by atoms with Gasteiger partial charge in [0.15, 0.2) is 0 Å². The molecule has 1 N–H and O–H groups in total. The van der Waals surface area contributed by atoms with Gasteiger partial charge < -0.3 is 14.7 Å². The van der Waals surface area contributed by atoms with Crippen LogP contribution in [-0.2, 0) is 10.9 Å². The Kier molecular flexibility index (Phi) is 4.57. The van der Waals surface area contributed by atoms with Crippen molar-refractivity contribution >= 4 is 5.91 Å². The van der Waals surface area contributed by atoms with Crippen LogP contribution in [0.2, 0.25) is 0 Å². The second-order valence-electron chi connectivity index (χ2n) is 6.44. The highest BCUT2D eigenvalue weighted by Crippen LogP contribution is 2.35. The molecule has 2 aliphatic heterocycles. The Morgan fingerprint density at radius 3 is 2.38 bits per heavy atom. The lowest BCUT2D eigenvalue weighted by Crippen LogP contribution is -2.56. The number of amides is 1. The number of carbonyl (C=O) groups excluding carboxylic acids is 1. The van der Waals surface area contributed by atoms with Crippen LogP contribution >= 0.6 is 0 Å². The first-order chi connectivity index (χ1) is 11.3. The topological polar surface area (TPSA) is 49.8 Å². The van der Waals surface area contributed by atoms with E-state index in [0.29, 0.717) is 39.0 Å². The van der Waals surface area contributed by atoms with Gasteiger partial charge in [0.1, 0.15) is 0 Å². The van der Waals surface area contributed by atoms with Gasteiger partial charge in [-0.05, 0) is 49.9 Å². The molecule has 1 amide bonds. The largest absolute Gasteiger partial charge is 0.416 e. The Morgan fingerprint density at radius 1 is 1.21 bits per heavy atom. The lowest BCUT2D eigenvalue weighted by atomic mass is 9.82. The van der Waals surface area contributed by atoms with Gasteiger partial charge in [0.2, 0.25) is 0 Å². The molecular formula is C17H20F3NO3. The minimum Gasteiger partial charge on any atom is -0.390 e. The average molecular weight is 343 g/mol. The van der Waals surface area contributed by atoms with Crippen molar-refractivity contribution in [3.63, 3.8) is 0 Å². The maximum atomic E-state index is 12.6. The van der Waals surface area contributed by atoms with E-state index in [4.69, 9.17) is 4.74 Å². The fraction of sp³-hybridized carbons (Fsp3) is 0.588. The Morgan fingerprint density at radius 2 is 1.83 bits per heavy atom. The Balaban J connectivity index is 1.65. The van der Waals surface area contributed by atoms with Crippen LogP contribution in [0.5, 0.6) is 0 Å². The molecule has 7 heteroatoms. The van der Waals surface area contributed by atoms with Gasteiger partial charge >= 0.3 is 6.18 Å². The van der Waals surface area contributed by atoms with Gasteiger partial charge in [-0.1, -0.05) is 0 Å². The fourth-order valence-corrected chi connectivity index (χ4v) is 3.46. The third-order valence-corrected chi connectivity index (χ3v) is 4.97. The number of alkyl halides is 3. The number of piperidine rings is 1. The molecule has 2 aliphatic rings. The van der Waals surface area contributed by atoms with Crippen molar-refractivity contribution in [2.45, 2.75) is 43.6 Å². The predicted octanol–water partition coefficient (Wildman–Crippen LogP) is 2.85. The molecule has 3 rings (SSSR count). The molecular weight excluding hydrogens is 323 g/mol. The van der Waals surface area contributed by atoms with Crippen molar-refractivity contribution in [1.29, 1.82) is 0 Å². The number of hydrogen-bond acceptors (Lipinski definition) is 3. The first-order valence-electron chi connectivity index (χ1n) is 8.10. The molecule has 1 aromatic rings. The van der Waals surface area contributed by atoms with Gasteiger partial charge in [0.05, 0.1) is 17.3 Å². The number of aliphatic hydroxyl groups is 1. The van der Waals surface area contributed by atoms with Crippen molar-refractivity contribution < 1.29 is 27.8 Å². The van der Waals surface area contributed by atoms with Crippen molar-refractivity contribution in [2.24, 2.45) is 0 Å². The Bertz CT molecular complexity index is 592. The number of aliphatic hydroxyl groups excluding tert-OH is 1. The first kappa shape index (κ1) is 17.2.